The van der Waals surface area contributed by atoms with Crippen molar-refractivity contribution in [1.29, 1.82) is 0 Å². The molecule has 0 bridgehead atoms. The second kappa shape index (κ2) is 4.25. The molecule has 18 heavy (non-hydrogen) atoms. The van der Waals surface area contributed by atoms with E-state index < -0.39 is 0 Å². The van der Waals surface area contributed by atoms with Crippen LogP contribution in [0.15, 0.2) is 36.8 Å². The van der Waals surface area contributed by atoms with Gasteiger partial charge in [-0.2, -0.15) is 0 Å². The summed E-state index contributed by atoms with van der Waals surface area (Å²) in [5.74, 6) is 0. The van der Waals surface area contributed by atoms with Crippen LogP contribution in [-0.2, 0) is 5.41 Å². The molecule has 0 aliphatic carbocycles. The highest BCUT2D eigenvalue weighted by atomic mass is 15.1. The summed E-state index contributed by atoms with van der Waals surface area (Å²) in [5, 5.41) is 3.45. The largest absolute Gasteiger partial charge is 0.316 e. The molecule has 1 aromatic carbocycles. The Balaban J connectivity index is 2.10. The molecule has 1 aliphatic rings. The molecule has 1 atom stereocenters. The first-order valence-corrected chi connectivity index (χ1v) is 6.50. The zero-order chi connectivity index (χ0) is 12.6. The van der Waals surface area contributed by atoms with Gasteiger partial charge in [-0.15, -0.1) is 0 Å². The highest BCUT2D eigenvalue weighted by molar-refractivity contribution is 5.42. The van der Waals surface area contributed by atoms with Crippen molar-refractivity contribution < 1.29 is 0 Å². The van der Waals surface area contributed by atoms with Gasteiger partial charge in [0.25, 0.3) is 0 Å². The second-order valence-corrected chi connectivity index (χ2v) is 5.42. The van der Waals surface area contributed by atoms with Crippen LogP contribution in [0.1, 0.15) is 24.6 Å². The zero-order valence-corrected chi connectivity index (χ0v) is 11.0. The van der Waals surface area contributed by atoms with Crippen molar-refractivity contribution in [2.24, 2.45) is 0 Å². The Bertz CT molecular complexity index is 550. The van der Waals surface area contributed by atoms with Gasteiger partial charge in [-0.05, 0) is 31.5 Å². The molecule has 0 saturated carbocycles. The van der Waals surface area contributed by atoms with Gasteiger partial charge < -0.3 is 9.88 Å². The van der Waals surface area contributed by atoms with Crippen molar-refractivity contribution in [1.82, 2.24) is 14.9 Å². The van der Waals surface area contributed by atoms with E-state index in [4.69, 9.17) is 0 Å². The molecular weight excluding hydrogens is 222 g/mol. The molecule has 94 valence electrons. The van der Waals surface area contributed by atoms with E-state index in [2.05, 4.69) is 53.0 Å². The molecule has 0 amide bonds. The number of imidazole rings is 1. The number of aromatic nitrogens is 2. The summed E-state index contributed by atoms with van der Waals surface area (Å²) >= 11 is 0. The topological polar surface area (TPSA) is 29.9 Å². The lowest BCUT2D eigenvalue weighted by Crippen LogP contribution is -2.27. The summed E-state index contributed by atoms with van der Waals surface area (Å²) in [5.41, 5.74) is 4.02. The molecule has 1 aromatic heterocycles. The normalized spacial score (nSPS) is 23.4. The maximum Gasteiger partial charge on any atom is 0.0994 e. The first-order valence-electron chi connectivity index (χ1n) is 6.50. The smallest absolute Gasteiger partial charge is 0.0994 e. The lowest BCUT2D eigenvalue weighted by Gasteiger charge is -2.24. The minimum absolute atomic E-state index is 0.193. The van der Waals surface area contributed by atoms with Gasteiger partial charge >= 0.3 is 0 Å². The number of hydrogen-bond acceptors (Lipinski definition) is 2. The molecule has 3 nitrogen and oxygen atoms in total. The SMILES string of the molecule is Cc1ccccc1-n1cncc1C1(C)CCNC1. The fraction of sp³-hybridized carbons (Fsp3) is 0.400. The van der Waals surface area contributed by atoms with Crippen LogP contribution in [0, 0.1) is 6.92 Å². The Morgan fingerprint density at radius 1 is 1.33 bits per heavy atom. The number of rotatable bonds is 2. The van der Waals surface area contributed by atoms with E-state index in [0.29, 0.717) is 0 Å². The molecule has 2 heterocycles. The van der Waals surface area contributed by atoms with Crippen LogP contribution < -0.4 is 5.32 Å². The van der Waals surface area contributed by atoms with Gasteiger partial charge in [0, 0.05) is 29.5 Å². The van der Waals surface area contributed by atoms with Crippen LogP contribution >= 0.6 is 0 Å². The zero-order valence-electron chi connectivity index (χ0n) is 11.0. The van der Waals surface area contributed by atoms with Gasteiger partial charge in [0.15, 0.2) is 0 Å². The quantitative estimate of drug-likeness (QED) is 0.875. The summed E-state index contributed by atoms with van der Waals surface area (Å²) in [6.45, 7) is 6.59. The third-order valence-corrected chi connectivity index (χ3v) is 4.00. The van der Waals surface area contributed by atoms with E-state index in [1.807, 2.05) is 12.5 Å². The summed E-state index contributed by atoms with van der Waals surface area (Å²) in [6, 6.07) is 8.47. The van der Waals surface area contributed by atoms with E-state index in [0.717, 1.165) is 13.1 Å². The van der Waals surface area contributed by atoms with Crippen molar-refractivity contribution in [2.45, 2.75) is 25.7 Å². The number of nitrogens with one attached hydrogen (secondary N) is 1. The third-order valence-electron chi connectivity index (χ3n) is 4.00. The van der Waals surface area contributed by atoms with Crippen LogP contribution in [0.4, 0.5) is 0 Å². The predicted octanol–water partition coefficient (Wildman–Crippen LogP) is 2.43. The molecule has 3 rings (SSSR count). The van der Waals surface area contributed by atoms with Gasteiger partial charge in [0.05, 0.1) is 6.33 Å². The minimum atomic E-state index is 0.193. The molecule has 0 radical (unpaired) electrons. The number of nitrogens with zero attached hydrogens (tertiary/aromatic N) is 2. The third kappa shape index (κ3) is 1.75. The fourth-order valence-electron chi connectivity index (χ4n) is 2.80. The average Bonchev–Trinajstić information content (AvgIpc) is 2.99. The molecular formula is C15H19N3. The van der Waals surface area contributed by atoms with Crippen molar-refractivity contribution in [2.75, 3.05) is 13.1 Å². The number of aryl methyl sites for hydroxylation is 1. The fourth-order valence-corrected chi connectivity index (χ4v) is 2.80. The van der Waals surface area contributed by atoms with Gasteiger partial charge in [-0.1, -0.05) is 25.1 Å². The lowest BCUT2D eigenvalue weighted by atomic mass is 9.86. The first-order chi connectivity index (χ1) is 8.71. The van der Waals surface area contributed by atoms with Crippen LogP contribution in [0.5, 0.6) is 0 Å². The molecule has 3 heteroatoms. The molecule has 2 aromatic rings. The standard InChI is InChI=1S/C15H19N3/c1-12-5-3-4-6-13(12)18-11-17-9-14(18)15(2)7-8-16-10-15/h3-6,9,11,16H,7-8,10H2,1-2H3. The van der Waals surface area contributed by atoms with Gasteiger partial charge in [0.1, 0.15) is 0 Å². The second-order valence-electron chi connectivity index (χ2n) is 5.42. The summed E-state index contributed by atoms with van der Waals surface area (Å²) in [6.07, 6.45) is 5.12. The van der Waals surface area contributed by atoms with Gasteiger partial charge in [-0.3, -0.25) is 0 Å². The Labute approximate surface area is 108 Å². The number of hydrogen-bond donors (Lipinski definition) is 1. The van der Waals surface area contributed by atoms with E-state index in [-0.39, 0.29) is 5.41 Å². The van der Waals surface area contributed by atoms with E-state index >= 15 is 0 Å². The molecule has 1 unspecified atom stereocenters. The number of para-hydroxylation sites is 1. The van der Waals surface area contributed by atoms with Crippen LogP contribution in [0.2, 0.25) is 0 Å². The lowest BCUT2D eigenvalue weighted by molar-refractivity contribution is 0.498. The molecule has 1 aliphatic heterocycles. The average molecular weight is 241 g/mol. The highest BCUT2D eigenvalue weighted by Gasteiger charge is 2.33. The summed E-state index contributed by atoms with van der Waals surface area (Å²) in [7, 11) is 0. The predicted molar refractivity (Wildman–Crippen MR) is 73.1 cm³/mol. The Morgan fingerprint density at radius 2 is 2.17 bits per heavy atom. The summed E-state index contributed by atoms with van der Waals surface area (Å²) < 4.78 is 2.24. The molecule has 1 fully saturated rings. The van der Waals surface area contributed by atoms with E-state index in [1.54, 1.807) is 0 Å². The van der Waals surface area contributed by atoms with Crippen molar-refractivity contribution in [3.8, 4) is 5.69 Å². The maximum absolute atomic E-state index is 4.36. The summed E-state index contributed by atoms with van der Waals surface area (Å²) in [4.78, 5) is 4.36. The molecule has 0 spiro atoms. The minimum Gasteiger partial charge on any atom is -0.316 e. The Kier molecular flexibility index (Phi) is 2.71. The Hall–Kier alpha value is -1.61. The molecule has 1 N–H and O–H groups in total. The Morgan fingerprint density at radius 3 is 2.89 bits per heavy atom. The van der Waals surface area contributed by atoms with Gasteiger partial charge in [0.2, 0.25) is 0 Å². The monoisotopic (exact) mass is 241 g/mol. The van der Waals surface area contributed by atoms with E-state index in [1.165, 1.54) is 23.4 Å². The first kappa shape index (κ1) is 11.5. The maximum atomic E-state index is 4.36. The van der Waals surface area contributed by atoms with Crippen LogP contribution in [0.25, 0.3) is 5.69 Å². The molecule has 1 saturated heterocycles. The van der Waals surface area contributed by atoms with Crippen molar-refractivity contribution in [3.63, 3.8) is 0 Å². The van der Waals surface area contributed by atoms with Crippen molar-refractivity contribution >= 4 is 0 Å². The van der Waals surface area contributed by atoms with Crippen LogP contribution in [0.3, 0.4) is 0 Å². The van der Waals surface area contributed by atoms with Gasteiger partial charge in [-0.25, -0.2) is 4.98 Å². The van der Waals surface area contributed by atoms with Crippen molar-refractivity contribution in [3.05, 3.63) is 48.0 Å². The number of benzene rings is 1. The van der Waals surface area contributed by atoms with E-state index in [9.17, 15) is 0 Å². The highest BCUT2D eigenvalue weighted by Crippen LogP contribution is 2.31. The van der Waals surface area contributed by atoms with Crippen LogP contribution in [-0.4, -0.2) is 22.6 Å².